The Bertz CT molecular complexity index is 465. The van der Waals surface area contributed by atoms with Gasteiger partial charge in [-0.15, -0.1) is 0 Å². The Morgan fingerprint density at radius 3 is 2.53 bits per heavy atom. The molecule has 106 valence electrons. The lowest BCUT2D eigenvalue weighted by Gasteiger charge is -2.19. The number of benzene rings is 1. The largest absolute Gasteiger partial charge is 0.396 e. The van der Waals surface area contributed by atoms with E-state index in [4.69, 9.17) is 5.73 Å². The summed E-state index contributed by atoms with van der Waals surface area (Å²) in [4.78, 5) is 15.9. The van der Waals surface area contributed by atoms with Gasteiger partial charge in [0, 0.05) is 18.1 Å². The summed E-state index contributed by atoms with van der Waals surface area (Å²) in [5.41, 5.74) is 5.85. The fraction of sp³-hybridized carbons (Fsp3) is 0.462. The minimum atomic E-state index is -0.529. The molecule has 1 aromatic rings. The molecule has 0 radical (unpaired) electrons. The molecule has 0 aliphatic carbocycles. The van der Waals surface area contributed by atoms with Crippen molar-refractivity contribution >= 4 is 27.5 Å². The van der Waals surface area contributed by atoms with Crippen LogP contribution in [0, 0.1) is 5.82 Å². The van der Waals surface area contributed by atoms with Crippen LogP contribution < -0.4 is 5.73 Å². The number of carbonyl (C=O) groups excluding carboxylic acids is 1. The van der Waals surface area contributed by atoms with Gasteiger partial charge in [0.15, 0.2) is 0 Å². The number of hydrogen-bond acceptors (Lipinski definition) is 3. The average molecular weight is 332 g/mol. The first kappa shape index (κ1) is 15.9. The highest BCUT2D eigenvalue weighted by Gasteiger charge is 2.16. The first-order chi connectivity index (χ1) is 8.82. The predicted molar refractivity (Wildman–Crippen MR) is 78.6 cm³/mol. The molecule has 0 saturated carbocycles. The molecule has 0 bridgehead atoms. The molecule has 1 aromatic carbocycles. The van der Waals surface area contributed by atoms with E-state index in [2.05, 4.69) is 20.8 Å². The molecular formula is C13H19BrFN3O. The number of halogens is 2. The lowest BCUT2D eigenvalue weighted by atomic mass is 10.1. The molecule has 0 aliphatic heterocycles. The standard InChI is InChI=1S/C13H19BrFN3O/c1-17(2)5-4-6-18(3)13(19)9-7-12(16)11(15)8-10(9)14/h7-8H,4-6,16H2,1-3H3. The Morgan fingerprint density at radius 2 is 1.95 bits per heavy atom. The zero-order valence-corrected chi connectivity index (χ0v) is 13.0. The van der Waals surface area contributed by atoms with Gasteiger partial charge in [-0.25, -0.2) is 4.39 Å². The summed E-state index contributed by atoms with van der Waals surface area (Å²) in [6, 6.07) is 2.58. The number of nitrogens with zero attached hydrogens (tertiary/aromatic N) is 2. The van der Waals surface area contributed by atoms with E-state index in [1.54, 1.807) is 11.9 Å². The lowest BCUT2D eigenvalue weighted by molar-refractivity contribution is 0.0790. The minimum absolute atomic E-state index is 0.0201. The summed E-state index contributed by atoms with van der Waals surface area (Å²) in [7, 11) is 5.70. The number of carbonyl (C=O) groups is 1. The van der Waals surface area contributed by atoms with Crippen molar-refractivity contribution in [2.75, 3.05) is 40.0 Å². The second kappa shape index (κ2) is 6.86. The molecule has 0 spiro atoms. The Kier molecular flexibility index (Phi) is 5.75. The lowest BCUT2D eigenvalue weighted by Crippen LogP contribution is -2.30. The summed E-state index contributed by atoms with van der Waals surface area (Å²) < 4.78 is 13.7. The smallest absolute Gasteiger partial charge is 0.254 e. The highest BCUT2D eigenvalue weighted by molar-refractivity contribution is 9.10. The maximum atomic E-state index is 13.2. The summed E-state index contributed by atoms with van der Waals surface area (Å²) >= 11 is 3.19. The van der Waals surface area contributed by atoms with E-state index in [0.717, 1.165) is 13.0 Å². The van der Waals surface area contributed by atoms with Gasteiger partial charge in [0.1, 0.15) is 5.82 Å². The van der Waals surface area contributed by atoms with Crippen LogP contribution >= 0.6 is 15.9 Å². The zero-order valence-electron chi connectivity index (χ0n) is 11.4. The van der Waals surface area contributed by atoms with Gasteiger partial charge >= 0.3 is 0 Å². The van der Waals surface area contributed by atoms with Gasteiger partial charge in [-0.1, -0.05) is 0 Å². The third-order valence-corrected chi connectivity index (χ3v) is 3.42. The van der Waals surface area contributed by atoms with Gasteiger partial charge in [-0.3, -0.25) is 4.79 Å². The maximum Gasteiger partial charge on any atom is 0.254 e. The number of rotatable bonds is 5. The van der Waals surface area contributed by atoms with Crippen LogP contribution in [0.15, 0.2) is 16.6 Å². The van der Waals surface area contributed by atoms with Gasteiger partial charge in [0.25, 0.3) is 5.91 Å². The summed E-state index contributed by atoms with van der Waals surface area (Å²) in [6.45, 7) is 1.55. The molecule has 2 N–H and O–H groups in total. The number of anilines is 1. The van der Waals surface area contributed by atoms with Crippen molar-refractivity contribution in [1.82, 2.24) is 9.80 Å². The monoisotopic (exact) mass is 331 g/mol. The van der Waals surface area contributed by atoms with E-state index < -0.39 is 5.82 Å². The number of hydrogen-bond donors (Lipinski definition) is 1. The Balaban J connectivity index is 2.74. The van der Waals surface area contributed by atoms with Gasteiger partial charge in [-0.2, -0.15) is 0 Å². The van der Waals surface area contributed by atoms with Crippen LogP contribution in [-0.4, -0.2) is 49.9 Å². The van der Waals surface area contributed by atoms with Crippen LogP contribution in [0.2, 0.25) is 0 Å². The molecule has 19 heavy (non-hydrogen) atoms. The molecule has 6 heteroatoms. The number of nitrogens with two attached hydrogens (primary N) is 1. The Hall–Kier alpha value is -1.14. The van der Waals surface area contributed by atoms with Gasteiger partial charge in [0.05, 0.1) is 11.3 Å². The third-order valence-electron chi connectivity index (χ3n) is 2.76. The van der Waals surface area contributed by atoms with Crippen molar-refractivity contribution in [1.29, 1.82) is 0 Å². The summed E-state index contributed by atoms with van der Waals surface area (Å²) in [5.74, 6) is -0.698. The SMILES string of the molecule is CN(C)CCCN(C)C(=O)c1cc(N)c(F)cc1Br. The molecule has 0 unspecified atom stereocenters. The molecule has 0 aromatic heterocycles. The van der Waals surface area contributed by atoms with Crippen LogP contribution in [0.3, 0.4) is 0 Å². The molecule has 1 rings (SSSR count). The van der Waals surface area contributed by atoms with E-state index in [1.807, 2.05) is 14.1 Å². The molecule has 4 nitrogen and oxygen atoms in total. The Morgan fingerprint density at radius 1 is 1.32 bits per heavy atom. The predicted octanol–water partition coefficient (Wildman–Crippen LogP) is 2.19. The van der Waals surface area contributed by atoms with E-state index in [9.17, 15) is 9.18 Å². The molecule has 0 saturated heterocycles. The molecule has 0 heterocycles. The van der Waals surface area contributed by atoms with E-state index in [1.165, 1.54) is 12.1 Å². The van der Waals surface area contributed by atoms with Crippen molar-refractivity contribution in [2.24, 2.45) is 0 Å². The quantitative estimate of drug-likeness (QED) is 0.841. The summed E-state index contributed by atoms with van der Waals surface area (Å²) in [6.07, 6.45) is 0.879. The number of nitrogen functional groups attached to an aromatic ring is 1. The van der Waals surface area contributed by atoms with Crippen LogP contribution in [0.5, 0.6) is 0 Å². The van der Waals surface area contributed by atoms with Crippen LogP contribution in [-0.2, 0) is 0 Å². The van der Waals surface area contributed by atoms with E-state index in [-0.39, 0.29) is 11.6 Å². The molecular weight excluding hydrogens is 313 g/mol. The highest BCUT2D eigenvalue weighted by Crippen LogP contribution is 2.23. The molecule has 0 fully saturated rings. The van der Waals surface area contributed by atoms with Crippen molar-refractivity contribution in [3.05, 3.63) is 28.0 Å². The average Bonchev–Trinajstić information content (AvgIpc) is 2.32. The van der Waals surface area contributed by atoms with Crippen molar-refractivity contribution < 1.29 is 9.18 Å². The van der Waals surface area contributed by atoms with Crippen LogP contribution in [0.25, 0.3) is 0 Å². The second-order valence-corrected chi connectivity index (χ2v) is 5.59. The molecule has 0 aliphatic rings. The third kappa shape index (κ3) is 4.47. The zero-order chi connectivity index (χ0) is 14.6. The van der Waals surface area contributed by atoms with Gasteiger partial charge in [0.2, 0.25) is 0 Å². The highest BCUT2D eigenvalue weighted by atomic mass is 79.9. The Labute approximate surface area is 121 Å². The number of amides is 1. The van der Waals surface area contributed by atoms with Gasteiger partial charge < -0.3 is 15.5 Å². The molecule has 1 amide bonds. The topological polar surface area (TPSA) is 49.6 Å². The van der Waals surface area contributed by atoms with Crippen molar-refractivity contribution in [3.63, 3.8) is 0 Å². The van der Waals surface area contributed by atoms with Crippen molar-refractivity contribution in [3.8, 4) is 0 Å². The van der Waals surface area contributed by atoms with E-state index >= 15 is 0 Å². The van der Waals surface area contributed by atoms with Crippen LogP contribution in [0.4, 0.5) is 10.1 Å². The van der Waals surface area contributed by atoms with Crippen LogP contribution in [0.1, 0.15) is 16.8 Å². The first-order valence-corrected chi connectivity index (χ1v) is 6.77. The second-order valence-electron chi connectivity index (χ2n) is 4.74. The van der Waals surface area contributed by atoms with Gasteiger partial charge in [-0.05, 0) is 55.1 Å². The van der Waals surface area contributed by atoms with Crippen molar-refractivity contribution in [2.45, 2.75) is 6.42 Å². The van der Waals surface area contributed by atoms with E-state index in [0.29, 0.717) is 16.6 Å². The maximum absolute atomic E-state index is 13.2. The fourth-order valence-corrected chi connectivity index (χ4v) is 2.15. The summed E-state index contributed by atoms with van der Waals surface area (Å²) in [5, 5.41) is 0. The fourth-order valence-electron chi connectivity index (χ4n) is 1.66. The normalized spacial score (nSPS) is 10.8. The first-order valence-electron chi connectivity index (χ1n) is 5.97. The molecule has 0 atom stereocenters. The minimum Gasteiger partial charge on any atom is -0.396 e.